The van der Waals surface area contributed by atoms with E-state index in [2.05, 4.69) is 13.8 Å². The summed E-state index contributed by atoms with van der Waals surface area (Å²) < 4.78 is 0. The fraction of sp³-hybridized carbons (Fsp3) is 0.818. The lowest BCUT2D eigenvalue weighted by Gasteiger charge is -2.44. The molecule has 1 saturated heterocycles. The number of carboxylic acids is 1. The third-order valence-corrected chi connectivity index (χ3v) is 3.27. The molecule has 0 radical (unpaired) electrons. The summed E-state index contributed by atoms with van der Waals surface area (Å²) in [6.45, 7) is 5.91. The number of nitrogens with zero attached hydrogens (tertiary/aromatic N) is 1. The van der Waals surface area contributed by atoms with Crippen LogP contribution in [0.1, 0.15) is 26.7 Å². The smallest absolute Gasteiger partial charge is 0.320 e. The number of carbonyl (C=O) groups is 2. The molecule has 0 spiro atoms. The molecule has 1 unspecified atom stereocenters. The van der Waals surface area contributed by atoms with E-state index in [4.69, 9.17) is 10.8 Å². The van der Waals surface area contributed by atoms with Gasteiger partial charge in [0.15, 0.2) is 0 Å². The molecule has 0 bridgehead atoms. The first-order valence-corrected chi connectivity index (χ1v) is 5.67. The normalized spacial score (nSPS) is 19.4. The molecule has 1 atom stereocenters. The van der Waals surface area contributed by atoms with Gasteiger partial charge in [-0.3, -0.25) is 14.5 Å². The Hall–Kier alpha value is -1.10. The molecule has 1 heterocycles. The molecule has 5 heteroatoms. The largest absolute Gasteiger partial charge is 0.480 e. The lowest BCUT2D eigenvalue weighted by Crippen LogP contribution is -2.56. The SMILES string of the molecule is CC(C)C1CN(C(CCC(N)=O)C(=O)O)C1. The molecule has 0 aromatic heterocycles. The highest BCUT2D eigenvalue weighted by molar-refractivity contribution is 5.77. The maximum absolute atomic E-state index is 11.0. The summed E-state index contributed by atoms with van der Waals surface area (Å²) in [5.41, 5.74) is 5.03. The highest BCUT2D eigenvalue weighted by atomic mass is 16.4. The van der Waals surface area contributed by atoms with E-state index in [0.29, 0.717) is 18.3 Å². The number of amides is 1. The lowest BCUT2D eigenvalue weighted by molar-refractivity contribution is -0.147. The molecule has 1 amide bonds. The van der Waals surface area contributed by atoms with E-state index in [9.17, 15) is 9.59 Å². The van der Waals surface area contributed by atoms with Crippen molar-refractivity contribution in [2.24, 2.45) is 17.6 Å². The first-order chi connectivity index (χ1) is 7.41. The number of hydrogen-bond acceptors (Lipinski definition) is 3. The summed E-state index contributed by atoms with van der Waals surface area (Å²) in [5.74, 6) is -0.132. The molecule has 1 fully saturated rings. The van der Waals surface area contributed by atoms with Gasteiger partial charge in [0.1, 0.15) is 6.04 Å². The predicted molar refractivity (Wildman–Crippen MR) is 59.8 cm³/mol. The molecule has 92 valence electrons. The zero-order valence-corrected chi connectivity index (χ0v) is 9.85. The molecule has 0 saturated carbocycles. The van der Waals surface area contributed by atoms with Crippen molar-refractivity contribution in [1.82, 2.24) is 4.90 Å². The van der Waals surface area contributed by atoms with Crippen LogP contribution in [0.2, 0.25) is 0 Å². The van der Waals surface area contributed by atoms with Gasteiger partial charge in [0.25, 0.3) is 0 Å². The number of primary amides is 1. The van der Waals surface area contributed by atoms with Crippen LogP contribution in [-0.2, 0) is 9.59 Å². The Kier molecular flexibility index (Phi) is 4.29. The van der Waals surface area contributed by atoms with Crippen molar-refractivity contribution in [3.8, 4) is 0 Å². The van der Waals surface area contributed by atoms with Crippen LogP contribution in [0.25, 0.3) is 0 Å². The van der Waals surface area contributed by atoms with Crippen molar-refractivity contribution in [3.63, 3.8) is 0 Å². The molecule has 3 N–H and O–H groups in total. The Labute approximate surface area is 95.6 Å². The zero-order chi connectivity index (χ0) is 12.3. The zero-order valence-electron chi connectivity index (χ0n) is 9.85. The summed E-state index contributed by atoms with van der Waals surface area (Å²) in [5, 5.41) is 9.05. The highest BCUT2D eigenvalue weighted by Crippen LogP contribution is 2.26. The van der Waals surface area contributed by atoms with Crippen LogP contribution >= 0.6 is 0 Å². The first kappa shape index (κ1) is 13.0. The van der Waals surface area contributed by atoms with Crippen LogP contribution in [0.4, 0.5) is 0 Å². The minimum Gasteiger partial charge on any atom is -0.480 e. The summed E-state index contributed by atoms with van der Waals surface area (Å²) in [6, 6.07) is -0.553. The Balaban J connectivity index is 2.41. The number of aliphatic carboxylic acids is 1. The Morgan fingerprint density at radius 1 is 1.44 bits per heavy atom. The van der Waals surface area contributed by atoms with E-state index < -0.39 is 17.9 Å². The van der Waals surface area contributed by atoms with Gasteiger partial charge in [0.2, 0.25) is 5.91 Å². The van der Waals surface area contributed by atoms with Gasteiger partial charge in [-0.1, -0.05) is 13.8 Å². The van der Waals surface area contributed by atoms with Gasteiger partial charge in [-0.25, -0.2) is 0 Å². The standard InChI is InChI=1S/C11H20N2O3/c1-7(2)8-5-13(6-8)9(11(15)16)3-4-10(12)14/h7-9H,3-6H2,1-2H3,(H2,12,14)(H,15,16). The van der Waals surface area contributed by atoms with E-state index in [1.807, 2.05) is 4.90 Å². The molecule has 1 rings (SSSR count). The van der Waals surface area contributed by atoms with Gasteiger partial charge < -0.3 is 10.8 Å². The third kappa shape index (κ3) is 3.20. The maximum atomic E-state index is 11.0. The van der Waals surface area contributed by atoms with Crippen molar-refractivity contribution in [2.45, 2.75) is 32.7 Å². The van der Waals surface area contributed by atoms with Crippen molar-refractivity contribution in [3.05, 3.63) is 0 Å². The van der Waals surface area contributed by atoms with Gasteiger partial charge in [-0.15, -0.1) is 0 Å². The molecule has 16 heavy (non-hydrogen) atoms. The molecular formula is C11H20N2O3. The number of carbonyl (C=O) groups excluding carboxylic acids is 1. The van der Waals surface area contributed by atoms with Gasteiger partial charge in [0, 0.05) is 19.5 Å². The van der Waals surface area contributed by atoms with Gasteiger partial charge in [0.05, 0.1) is 0 Å². The molecular weight excluding hydrogens is 208 g/mol. The van der Waals surface area contributed by atoms with Crippen LogP contribution in [0.15, 0.2) is 0 Å². The van der Waals surface area contributed by atoms with E-state index in [-0.39, 0.29) is 6.42 Å². The number of nitrogens with two attached hydrogens (primary N) is 1. The number of rotatable bonds is 6. The summed E-state index contributed by atoms with van der Waals surface area (Å²) in [6.07, 6.45) is 0.454. The van der Waals surface area contributed by atoms with E-state index in [1.54, 1.807) is 0 Å². The molecule has 1 aliphatic heterocycles. The number of carboxylic acid groups (broad SMARTS) is 1. The Morgan fingerprint density at radius 3 is 2.38 bits per heavy atom. The van der Waals surface area contributed by atoms with Crippen molar-refractivity contribution >= 4 is 11.9 Å². The number of hydrogen-bond donors (Lipinski definition) is 2. The predicted octanol–water partition coefficient (Wildman–Crippen LogP) is 0.293. The molecule has 5 nitrogen and oxygen atoms in total. The average molecular weight is 228 g/mol. The minimum atomic E-state index is -0.858. The Bertz CT molecular complexity index is 272. The van der Waals surface area contributed by atoms with Crippen LogP contribution < -0.4 is 5.73 Å². The average Bonchev–Trinajstić information content (AvgIpc) is 2.06. The molecule has 0 aromatic carbocycles. The topological polar surface area (TPSA) is 83.6 Å². The maximum Gasteiger partial charge on any atom is 0.320 e. The second-order valence-electron chi connectivity index (χ2n) is 4.82. The van der Waals surface area contributed by atoms with Gasteiger partial charge in [-0.2, -0.15) is 0 Å². The van der Waals surface area contributed by atoms with Crippen molar-refractivity contribution in [1.29, 1.82) is 0 Å². The van der Waals surface area contributed by atoms with Crippen LogP contribution in [0.3, 0.4) is 0 Å². The minimum absolute atomic E-state index is 0.139. The molecule has 1 aliphatic rings. The van der Waals surface area contributed by atoms with E-state index in [0.717, 1.165) is 13.1 Å². The third-order valence-electron chi connectivity index (χ3n) is 3.27. The van der Waals surface area contributed by atoms with Gasteiger partial charge in [-0.05, 0) is 18.3 Å². The fourth-order valence-corrected chi connectivity index (χ4v) is 1.97. The van der Waals surface area contributed by atoms with E-state index in [1.165, 1.54) is 0 Å². The van der Waals surface area contributed by atoms with E-state index >= 15 is 0 Å². The highest BCUT2D eigenvalue weighted by Gasteiger charge is 2.36. The first-order valence-electron chi connectivity index (χ1n) is 5.67. The lowest BCUT2D eigenvalue weighted by atomic mass is 9.86. The summed E-state index contributed by atoms with van der Waals surface area (Å²) >= 11 is 0. The summed E-state index contributed by atoms with van der Waals surface area (Å²) in [7, 11) is 0. The van der Waals surface area contributed by atoms with Gasteiger partial charge >= 0.3 is 5.97 Å². The Morgan fingerprint density at radius 2 is 2.00 bits per heavy atom. The summed E-state index contributed by atoms with van der Waals surface area (Å²) in [4.78, 5) is 23.6. The van der Waals surface area contributed by atoms with Crippen LogP contribution in [0, 0.1) is 11.8 Å². The van der Waals surface area contributed by atoms with Crippen molar-refractivity contribution < 1.29 is 14.7 Å². The van der Waals surface area contributed by atoms with Crippen LogP contribution in [-0.4, -0.2) is 41.0 Å². The molecule has 0 aliphatic carbocycles. The second-order valence-corrected chi connectivity index (χ2v) is 4.82. The monoisotopic (exact) mass is 228 g/mol. The molecule has 0 aromatic rings. The van der Waals surface area contributed by atoms with Crippen molar-refractivity contribution in [2.75, 3.05) is 13.1 Å². The second kappa shape index (κ2) is 5.30. The number of likely N-dealkylation sites (tertiary alicyclic amines) is 1. The quantitative estimate of drug-likeness (QED) is 0.684. The fourth-order valence-electron chi connectivity index (χ4n) is 1.97. The van der Waals surface area contributed by atoms with Crippen LogP contribution in [0.5, 0.6) is 0 Å².